The molecule has 1 saturated heterocycles. The van der Waals surface area contributed by atoms with E-state index in [1.807, 2.05) is 13.0 Å². The summed E-state index contributed by atoms with van der Waals surface area (Å²) >= 11 is 0. The van der Waals surface area contributed by atoms with Gasteiger partial charge in [0.1, 0.15) is 5.82 Å². The van der Waals surface area contributed by atoms with E-state index in [1.165, 1.54) is 0 Å². The molecule has 1 aromatic heterocycles. The highest BCUT2D eigenvalue weighted by atomic mass is 15.3. The normalized spacial score (nSPS) is 16.9. The second-order valence-corrected chi connectivity index (χ2v) is 5.77. The van der Waals surface area contributed by atoms with Crippen LogP contribution in [0.15, 0.2) is 12.1 Å². The molecule has 5 heteroatoms. The Morgan fingerprint density at radius 3 is 2.50 bits per heavy atom. The third-order valence-corrected chi connectivity index (χ3v) is 3.85. The molecule has 0 saturated carbocycles. The number of aryl methyl sites for hydroxylation is 1. The molecule has 0 amide bonds. The highest BCUT2D eigenvalue weighted by Crippen LogP contribution is 2.19. The monoisotopic (exact) mass is 277 g/mol. The van der Waals surface area contributed by atoms with Crippen molar-refractivity contribution in [2.75, 3.05) is 58.3 Å². The van der Waals surface area contributed by atoms with Gasteiger partial charge >= 0.3 is 0 Å². The Morgan fingerprint density at radius 1 is 1.20 bits per heavy atom. The number of pyridine rings is 1. The molecule has 1 aromatic rings. The van der Waals surface area contributed by atoms with Crippen LogP contribution in [0.3, 0.4) is 0 Å². The minimum absolute atomic E-state index is 0.559. The lowest BCUT2D eigenvalue weighted by molar-refractivity contribution is 0.229. The molecule has 20 heavy (non-hydrogen) atoms. The van der Waals surface area contributed by atoms with Crippen LogP contribution in [0.2, 0.25) is 0 Å². The molecule has 1 aliphatic heterocycles. The average Bonchev–Trinajstić information content (AvgIpc) is 2.45. The van der Waals surface area contributed by atoms with Gasteiger partial charge in [0.15, 0.2) is 0 Å². The van der Waals surface area contributed by atoms with E-state index < -0.39 is 0 Å². The van der Waals surface area contributed by atoms with Crippen LogP contribution < -0.4 is 10.6 Å². The summed E-state index contributed by atoms with van der Waals surface area (Å²) in [4.78, 5) is 11.8. The van der Waals surface area contributed by atoms with Crippen molar-refractivity contribution < 1.29 is 0 Å². The maximum absolute atomic E-state index is 5.83. The summed E-state index contributed by atoms with van der Waals surface area (Å²) in [5.74, 6) is 1.08. The van der Waals surface area contributed by atoms with Gasteiger partial charge < -0.3 is 15.5 Å². The highest BCUT2D eigenvalue weighted by Gasteiger charge is 2.19. The van der Waals surface area contributed by atoms with Crippen LogP contribution >= 0.6 is 0 Å². The van der Waals surface area contributed by atoms with Gasteiger partial charge in [-0.2, -0.15) is 0 Å². The summed E-state index contributed by atoms with van der Waals surface area (Å²) in [5, 5.41) is 0. The third-order valence-electron chi connectivity index (χ3n) is 3.85. The quantitative estimate of drug-likeness (QED) is 0.851. The van der Waals surface area contributed by atoms with E-state index in [9.17, 15) is 0 Å². The van der Waals surface area contributed by atoms with Crippen molar-refractivity contribution in [1.82, 2.24) is 14.8 Å². The largest absolute Gasteiger partial charge is 0.354 e. The van der Waals surface area contributed by atoms with Crippen LogP contribution in [-0.2, 0) is 6.54 Å². The maximum Gasteiger partial charge on any atom is 0.133 e. The van der Waals surface area contributed by atoms with Crippen LogP contribution in [0.25, 0.3) is 0 Å². The fourth-order valence-electron chi connectivity index (χ4n) is 2.53. The molecule has 0 atom stereocenters. The third kappa shape index (κ3) is 3.91. The Bertz CT molecular complexity index is 424. The van der Waals surface area contributed by atoms with Crippen molar-refractivity contribution in [2.45, 2.75) is 13.5 Å². The Balaban J connectivity index is 1.95. The number of hydrogen-bond acceptors (Lipinski definition) is 5. The smallest absolute Gasteiger partial charge is 0.133 e. The zero-order chi connectivity index (χ0) is 14.5. The number of piperazine rings is 1. The molecular weight excluding hydrogens is 250 g/mol. The number of nitrogens with two attached hydrogens (primary N) is 1. The van der Waals surface area contributed by atoms with Crippen LogP contribution in [0, 0.1) is 6.92 Å². The molecular formula is C15H27N5. The predicted molar refractivity (Wildman–Crippen MR) is 84.1 cm³/mol. The van der Waals surface area contributed by atoms with E-state index in [0.29, 0.717) is 6.54 Å². The van der Waals surface area contributed by atoms with Crippen molar-refractivity contribution in [3.63, 3.8) is 0 Å². The molecule has 0 aliphatic carbocycles. The SMILES string of the molecule is Cc1ccc(CN)c(N2CCN(CCN(C)C)CC2)n1. The molecule has 2 N–H and O–H groups in total. The van der Waals surface area contributed by atoms with Gasteiger partial charge in [-0.15, -0.1) is 0 Å². The van der Waals surface area contributed by atoms with E-state index in [2.05, 4.69) is 39.8 Å². The standard InChI is InChI=1S/C15H27N5/c1-13-4-5-14(12-16)15(17-13)20-10-8-19(9-11-20)7-6-18(2)3/h4-5H,6-12,16H2,1-3H3. The second-order valence-electron chi connectivity index (χ2n) is 5.77. The maximum atomic E-state index is 5.83. The molecule has 2 heterocycles. The van der Waals surface area contributed by atoms with Crippen molar-refractivity contribution in [2.24, 2.45) is 5.73 Å². The zero-order valence-electron chi connectivity index (χ0n) is 13.0. The number of nitrogens with zero attached hydrogens (tertiary/aromatic N) is 4. The van der Waals surface area contributed by atoms with E-state index in [1.54, 1.807) is 0 Å². The van der Waals surface area contributed by atoms with Crippen LogP contribution in [-0.4, -0.2) is 68.1 Å². The van der Waals surface area contributed by atoms with Crippen molar-refractivity contribution in [1.29, 1.82) is 0 Å². The van der Waals surface area contributed by atoms with Gasteiger partial charge in [-0.1, -0.05) is 6.07 Å². The van der Waals surface area contributed by atoms with Crippen LogP contribution in [0.4, 0.5) is 5.82 Å². The van der Waals surface area contributed by atoms with Gasteiger partial charge in [0.25, 0.3) is 0 Å². The van der Waals surface area contributed by atoms with Gasteiger partial charge in [-0.3, -0.25) is 4.90 Å². The highest BCUT2D eigenvalue weighted by molar-refractivity contribution is 5.48. The number of rotatable bonds is 5. The summed E-state index contributed by atoms with van der Waals surface area (Å²) in [5.41, 5.74) is 8.05. The molecule has 1 fully saturated rings. The van der Waals surface area contributed by atoms with Crippen molar-refractivity contribution in [3.8, 4) is 0 Å². The van der Waals surface area contributed by atoms with E-state index >= 15 is 0 Å². The average molecular weight is 277 g/mol. The first kappa shape index (κ1) is 15.2. The van der Waals surface area contributed by atoms with Gasteiger partial charge in [-0.25, -0.2) is 4.98 Å². The lowest BCUT2D eigenvalue weighted by Gasteiger charge is -2.36. The van der Waals surface area contributed by atoms with Gasteiger partial charge in [0, 0.05) is 57.1 Å². The molecule has 0 spiro atoms. The van der Waals surface area contributed by atoms with E-state index in [0.717, 1.165) is 56.3 Å². The molecule has 0 aromatic carbocycles. The molecule has 0 bridgehead atoms. The number of anilines is 1. The molecule has 5 nitrogen and oxygen atoms in total. The van der Waals surface area contributed by atoms with Crippen molar-refractivity contribution >= 4 is 5.82 Å². The first-order valence-corrected chi connectivity index (χ1v) is 7.39. The number of hydrogen-bond donors (Lipinski definition) is 1. The Hall–Kier alpha value is -1.17. The Labute approximate surface area is 122 Å². The predicted octanol–water partition coefficient (Wildman–Crippen LogP) is 0.532. The van der Waals surface area contributed by atoms with Crippen molar-refractivity contribution in [3.05, 3.63) is 23.4 Å². The van der Waals surface area contributed by atoms with E-state index in [-0.39, 0.29) is 0 Å². The summed E-state index contributed by atoms with van der Waals surface area (Å²) in [6.45, 7) is 9.15. The van der Waals surface area contributed by atoms with Gasteiger partial charge in [0.2, 0.25) is 0 Å². The molecule has 112 valence electrons. The lowest BCUT2D eigenvalue weighted by Crippen LogP contribution is -2.48. The summed E-state index contributed by atoms with van der Waals surface area (Å²) < 4.78 is 0. The fourth-order valence-corrected chi connectivity index (χ4v) is 2.53. The van der Waals surface area contributed by atoms with Crippen LogP contribution in [0.1, 0.15) is 11.3 Å². The van der Waals surface area contributed by atoms with Crippen LogP contribution in [0.5, 0.6) is 0 Å². The first-order chi connectivity index (χ1) is 9.60. The summed E-state index contributed by atoms with van der Waals surface area (Å²) in [7, 11) is 4.25. The molecule has 1 aliphatic rings. The molecule has 0 radical (unpaired) electrons. The first-order valence-electron chi connectivity index (χ1n) is 7.39. The number of aromatic nitrogens is 1. The second kappa shape index (κ2) is 7.02. The van der Waals surface area contributed by atoms with E-state index in [4.69, 9.17) is 5.73 Å². The summed E-state index contributed by atoms with van der Waals surface area (Å²) in [6, 6.07) is 4.15. The Morgan fingerprint density at radius 2 is 1.90 bits per heavy atom. The molecule has 2 rings (SSSR count). The fraction of sp³-hybridized carbons (Fsp3) is 0.667. The summed E-state index contributed by atoms with van der Waals surface area (Å²) in [6.07, 6.45) is 0. The number of likely N-dealkylation sites (N-methyl/N-ethyl adjacent to an activating group) is 1. The Kier molecular flexibility index (Phi) is 5.34. The topological polar surface area (TPSA) is 48.6 Å². The molecule has 0 unspecified atom stereocenters. The lowest BCUT2D eigenvalue weighted by atomic mass is 10.2. The minimum Gasteiger partial charge on any atom is -0.354 e. The van der Waals surface area contributed by atoms with Gasteiger partial charge in [0.05, 0.1) is 0 Å². The van der Waals surface area contributed by atoms with Gasteiger partial charge in [-0.05, 0) is 27.1 Å². The minimum atomic E-state index is 0.559. The zero-order valence-corrected chi connectivity index (χ0v) is 13.0.